The third-order valence-corrected chi connectivity index (χ3v) is 11.7. The van der Waals surface area contributed by atoms with Crippen molar-refractivity contribution in [3.05, 3.63) is 124 Å². The zero-order valence-corrected chi connectivity index (χ0v) is 31.1. The molecule has 7 rings (SSSR count). The predicted molar refractivity (Wildman–Crippen MR) is 207 cm³/mol. The van der Waals surface area contributed by atoms with Crippen molar-refractivity contribution in [1.82, 2.24) is 29.3 Å². The van der Waals surface area contributed by atoms with Gasteiger partial charge < -0.3 is 10.2 Å². The highest BCUT2D eigenvalue weighted by atomic mass is 35.5. The number of nitrogens with zero attached hydrogens (tertiary/aromatic N) is 6. The van der Waals surface area contributed by atoms with Gasteiger partial charge in [-0.15, -0.1) is 0 Å². The summed E-state index contributed by atoms with van der Waals surface area (Å²) in [5.41, 5.74) is 8.13. The van der Waals surface area contributed by atoms with E-state index in [2.05, 4.69) is 61.2 Å². The summed E-state index contributed by atoms with van der Waals surface area (Å²) in [6.07, 6.45) is 4.72. The molecule has 4 heterocycles. The Balaban J connectivity index is 1.05. The van der Waals surface area contributed by atoms with Crippen LogP contribution < -0.4 is 10.2 Å². The molecule has 0 unspecified atom stereocenters. The third-order valence-electron chi connectivity index (χ3n) is 9.83. The fourth-order valence-electron chi connectivity index (χ4n) is 7.00. The Morgan fingerprint density at radius 1 is 0.804 bits per heavy atom. The Morgan fingerprint density at radius 3 is 2.20 bits per heavy atom. The number of piperazine rings is 1. The fraction of sp³-hybridized carbons (Fsp3) is 0.333. The van der Waals surface area contributed by atoms with Crippen molar-refractivity contribution >= 4 is 39.0 Å². The van der Waals surface area contributed by atoms with Crippen LogP contribution in [0.25, 0.3) is 22.4 Å². The molecule has 1 N–H and O–H groups in total. The summed E-state index contributed by atoms with van der Waals surface area (Å²) in [5, 5.41) is 10.0. The molecule has 2 aliphatic rings. The maximum Gasteiger partial charge on any atom is 0.211 e. The number of rotatable bonds is 12. The van der Waals surface area contributed by atoms with E-state index in [1.54, 1.807) is 4.31 Å². The number of hydrogen-bond acceptors (Lipinski definition) is 7. The van der Waals surface area contributed by atoms with Crippen LogP contribution in [-0.4, -0.2) is 77.9 Å². The molecular weight excluding hydrogens is 701 g/mol. The van der Waals surface area contributed by atoms with Gasteiger partial charge in [0.2, 0.25) is 10.0 Å². The lowest BCUT2D eigenvalue weighted by Gasteiger charge is -2.35. The molecule has 266 valence electrons. The topological polar surface area (TPSA) is 86.6 Å². The van der Waals surface area contributed by atoms with Crippen molar-refractivity contribution in [3.63, 3.8) is 0 Å². The second-order valence-corrected chi connectivity index (χ2v) is 16.2. The molecule has 9 nitrogen and oxygen atoms in total. The van der Waals surface area contributed by atoms with Gasteiger partial charge in [0.1, 0.15) is 5.82 Å². The number of hydrogen-bond donors (Lipinski definition) is 1. The lowest BCUT2D eigenvalue weighted by Crippen LogP contribution is -2.47. The largest absolute Gasteiger partial charge is 0.354 e. The molecule has 2 aromatic heterocycles. The number of aryl methyl sites for hydroxylation is 1. The Kier molecular flexibility index (Phi) is 11.1. The second kappa shape index (κ2) is 15.9. The first kappa shape index (κ1) is 35.6. The fourth-order valence-corrected chi connectivity index (χ4v) is 8.14. The zero-order chi connectivity index (χ0) is 35.4. The third kappa shape index (κ3) is 8.65. The Hall–Kier alpha value is -3.77. The van der Waals surface area contributed by atoms with Gasteiger partial charge in [-0.2, -0.15) is 9.40 Å². The maximum atomic E-state index is 12.6. The molecule has 0 amide bonds. The average Bonchev–Trinajstić information content (AvgIpc) is 3.51. The molecule has 0 radical (unpaired) electrons. The SMILES string of the molecule is CS(=O)(=O)N1CCc2c(c(-c3ccc(Cl)c(-c4ccc(CNCc5ccc(Cl)cc5)cc4)c3)nn2CCCN2CCN(c3ccccn3)CC2)C1. The van der Waals surface area contributed by atoms with Crippen LogP contribution in [0.1, 0.15) is 28.8 Å². The summed E-state index contributed by atoms with van der Waals surface area (Å²) in [6, 6.07) is 28.4. The van der Waals surface area contributed by atoms with Crippen LogP contribution in [0.5, 0.6) is 0 Å². The second-order valence-electron chi connectivity index (χ2n) is 13.3. The van der Waals surface area contributed by atoms with Crippen molar-refractivity contribution in [2.75, 3.05) is 50.4 Å². The van der Waals surface area contributed by atoms with E-state index < -0.39 is 10.0 Å². The predicted octanol–water partition coefficient (Wildman–Crippen LogP) is 6.74. The van der Waals surface area contributed by atoms with E-state index >= 15 is 0 Å². The van der Waals surface area contributed by atoms with Crippen LogP contribution >= 0.6 is 23.2 Å². The van der Waals surface area contributed by atoms with Crippen molar-refractivity contribution in [1.29, 1.82) is 0 Å². The van der Waals surface area contributed by atoms with Gasteiger partial charge in [0.15, 0.2) is 0 Å². The number of nitrogens with one attached hydrogen (secondary N) is 1. The quantitative estimate of drug-likeness (QED) is 0.152. The van der Waals surface area contributed by atoms with Gasteiger partial charge in [-0.1, -0.05) is 71.7 Å². The van der Waals surface area contributed by atoms with Crippen molar-refractivity contribution in [2.24, 2.45) is 0 Å². The molecule has 0 spiro atoms. The summed E-state index contributed by atoms with van der Waals surface area (Å²) < 4.78 is 28.9. The standard InChI is InChI=1S/C39H43Cl2N7O2S/c1-51(49,50)47-20-16-37-35(28-47)39(44-48(37)19-4-18-45-21-23-46(24-22-45)38-5-2-3-17-43-38)32-12-15-36(41)34(25-32)31-10-6-29(7-11-31)26-42-27-30-8-13-33(40)14-9-30/h2-3,5-15,17,25,42H,4,16,18-24,26-28H2,1H3. The molecule has 12 heteroatoms. The van der Waals surface area contributed by atoms with E-state index in [-0.39, 0.29) is 0 Å². The molecule has 2 aliphatic heterocycles. The summed E-state index contributed by atoms with van der Waals surface area (Å²) in [5.74, 6) is 1.04. The number of fused-ring (bicyclic) bond motifs is 1. The number of aromatic nitrogens is 3. The summed E-state index contributed by atoms with van der Waals surface area (Å²) >= 11 is 12.8. The van der Waals surface area contributed by atoms with E-state index in [0.717, 1.165) is 103 Å². The van der Waals surface area contributed by atoms with Crippen LogP contribution in [0.15, 0.2) is 91.1 Å². The lowest BCUT2D eigenvalue weighted by atomic mass is 9.97. The molecule has 1 saturated heterocycles. The van der Waals surface area contributed by atoms with E-state index in [9.17, 15) is 8.42 Å². The minimum absolute atomic E-state index is 0.314. The smallest absolute Gasteiger partial charge is 0.211 e. The van der Waals surface area contributed by atoms with Gasteiger partial charge in [-0.25, -0.2) is 13.4 Å². The first-order valence-corrected chi connectivity index (χ1v) is 20.1. The zero-order valence-electron chi connectivity index (χ0n) is 28.8. The minimum atomic E-state index is -3.35. The van der Waals surface area contributed by atoms with E-state index in [4.69, 9.17) is 28.3 Å². The van der Waals surface area contributed by atoms with Crippen LogP contribution in [0.4, 0.5) is 5.82 Å². The molecule has 1 fully saturated rings. The van der Waals surface area contributed by atoms with Gasteiger partial charge in [-0.3, -0.25) is 9.58 Å². The number of anilines is 1. The van der Waals surface area contributed by atoms with Gasteiger partial charge in [0, 0.05) is 110 Å². The van der Waals surface area contributed by atoms with Crippen LogP contribution in [-0.2, 0) is 42.6 Å². The van der Waals surface area contributed by atoms with Crippen LogP contribution in [0.2, 0.25) is 10.0 Å². The average molecular weight is 745 g/mol. The van der Waals surface area contributed by atoms with E-state index in [1.807, 2.05) is 54.7 Å². The number of benzene rings is 3. The molecule has 3 aromatic carbocycles. The summed E-state index contributed by atoms with van der Waals surface area (Å²) in [7, 11) is -3.35. The molecule has 0 saturated carbocycles. The highest BCUT2D eigenvalue weighted by Crippen LogP contribution is 2.36. The molecule has 0 bridgehead atoms. The van der Waals surface area contributed by atoms with Crippen molar-refractivity contribution < 1.29 is 8.42 Å². The Labute approximate surface area is 310 Å². The van der Waals surface area contributed by atoms with Gasteiger partial charge >= 0.3 is 0 Å². The van der Waals surface area contributed by atoms with Crippen molar-refractivity contribution in [3.8, 4) is 22.4 Å². The number of halogens is 2. The molecule has 5 aromatic rings. The molecular formula is C39H43Cl2N7O2S. The molecule has 0 atom stereocenters. The van der Waals surface area contributed by atoms with Gasteiger partial charge in [0.25, 0.3) is 0 Å². The van der Waals surface area contributed by atoms with E-state index in [0.29, 0.717) is 24.5 Å². The molecule has 0 aliphatic carbocycles. The Bertz CT molecular complexity index is 2050. The van der Waals surface area contributed by atoms with E-state index in [1.165, 1.54) is 17.4 Å². The highest BCUT2D eigenvalue weighted by Gasteiger charge is 2.30. The normalized spacial score (nSPS) is 15.6. The van der Waals surface area contributed by atoms with Crippen LogP contribution in [0.3, 0.4) is 0 Å². The monoisotopic (exact) mass is 743 g/mol. The first-order valence-electron chi connectivity index (χ1n) is 17.5. The maximum absolute atomic E-state index is 12.6. The highest BCUT2D eigenvalue weighted by molar-refractivity contribution is 7.88. The summed E-state index contributed by atoms with van der Waals surface area (Å²) in [4.78, 5) is 9.36. The lowest BCUT2D eigenvalue weighted by molar-refractivity contribution is 0.248. The number of pyridine rings is 1. The van der Waals surface area contributed by atoms with Crippen molar-refractivity contribution in [2.45, 2.75) is 39.0 Å². The van der Waals surface area contributed by atoms with Gasteiger partial charge in [-0.05, 0) is 59.5 Å². The van der Waals surface area contributed by atoms with Gasteiger partial charge in [0.05, 0.1) is 11.9 Å². The number of sulfonamides is 1. The minimum Gasteiger partial charge on any atom is -0.354 e. The van der Waals surface area contributed by atoms with Crippen LogP contribution in [0, 0.1) is 0 Å². The first-order chi connectivity index (χ1) is 24.7. The summed E-state index contributed by atoms with van der Waals surface area (Å²) in [6.45, 7) is 7.93. The Morgan fingerprint density at radius 2 is 1.51 bits per heavy atom. The molecule has 51 heavy (non-hydrogen) atoms.